The van der Waals surface area contributed by atoms with E-state index >= 15 is 0 Å². The summed E-state index contributed by atoms with van der Waals surface area (Å²) in [6, 6.07) is 11.3. The molecule has 3 N–H and O–H groups in total. The number of likely N-dealkylation sites (tertiary alicyclic amines) is 1. The van der Waals surface area contributed by atoms with Crippen LogP contribution in [0, 0.1) is 12.8 Å². The summed E-state index contributed by atoms with van der Waals surface area (Å²) in [5, 5.41) is 4.75. The maximum atomic E-state index is 12.5. The second-order valence-corrected chi connectivity index (χ2v) is 8.08. The van der Waals surface area contributed by atoms with Crippen molar-refractivity contribution in [3.63, 3.8) is 0 Å². The lowest BCUT2D eigenvalue weighted by molar-refractivity contribution is 0.205. The Morgan fingerprint density at radius 2 is 2.19 bits per heavy atom. The van der Waals surface area contributed by atoms with Crippen LogP contribution in [-0.2, 0) is 6.42 Å². The minimum Gasteiger partial charge on any atom is -0.387 e. The number of fused-ring (bicyclic) bond motifs is 1. The molecule has 4 rings (SSSR count). The molecule has 0 bridgehead atoms. The fourth-order valence-electron chi connectivity index (χ4n) is 4.09. The number of urea groups is 1. The molecule has 1 unspecified atom stereocenters. The SMILES string of the molecule is Cc1ccnc(CCN2CCCC(/C(N)=N/C(=O)Nc3cccc4cnccc34)C2)c1. The Morgan fingerprint density at radius 1 is 1.29 bits per heavy atom. The smallest absolute Gasteiger partial charge is 0.347 e. The van der Waals surface area contributed by atoms with Crippen LogP contribution in [0.25, 0.3) is 10.8 Å². The fourth-order valence-corrected chi connectivity index (χ4v) is 4.09. The van der Waals surface area contributed by atoms with Crippen LogP contribution in [0.3, 0.4) is 0 Å². The first kappa shape index (κ1) is 20.9. The lowest BCUT2D eigenvalue weighted by atomic mass is 9.96. The van der Waals surface area contributed by atoms with E-state index in [-0.39, 0.29) is 5.92 Å². The molecule has 1 saturated heterocycles. The van der Waals surface area contributed by atoms with Crippen LogP contribution in [0.5, 0.6) is 0 Å². The third kappa shape index (κ3) is 5.44. The van der Waals surface area contributed by atoms with E-state index in [1.807, 2.05) is 36.5 Å². The molecule has 2 aromatic heterocycles. The molecule has 3 aromatic rings. The van der Waals surface area contributed by atoms with Crippen LogP contribution in [0.4, 0.5) is 10.5 Å². The van der Waals surface area contributed by atoms with Crippen LogP contribution in [0.1, 0.15) is 24.1 Å². The summed E-state index contributed by atoms with van der Waals surface area (Å²) in [5.74, 6) is 0.486. The third-order valence-electron chi connectivity index (χ3n) is 5.73. The van der Waals surface area contributed by atoms with E-state index in [4.69, 9.17) is 5.73 Å². The highest BCUT2D eigenvalue weighted by molar-refractivity contribution is 6.05. The molecule has 1 atom stereocenters. The van der Waals surface area contributed by atoms with E-state index < -0.39 is 6.03 Å². The van der Waals surface area contributed by atoms with Gasteiger partial charge in [0.2, 0.25) is 0 Å². The van der Waals surface area contributed by atoms with Gasteiger partial charge in [0.15, 0.2) is 0 Å². The van der Waals surface area contributed by atoms with E-state index in [2.05, 4.69) is 38.2 Å². The Hall–Kier alpha value is -3.32. The predicted molar refractivity (Wildman–Crippen MR) is 124 cm³/mol. The Kier molecular flexibility index (Phi) is 6.52. The largest absolute Gasteiger partial charge is 0.387 e. The number of nitrogens with one attached hydrogen (secondary N) is 1. The summed E-state index contributed by atoms with van der Waals surface area (Å²) in [6.45, 7) is 4.86. The molecule has 1 aliphatic rings. The molecule has 3 heterocycles. The number of aromatic nitrogens is 2. The number of anilines is 1. The van der Waals surface area contributed by atoms with E-state index in [0.29, 0.717) is 11.5 Å². The number of nitrogens with two attached hydrogens (primary N) is 1. The molecule has 7 heteroatoms. The first-order chi connectivity index (χ1) is 15.1. The van der Waals surface area contributed by atoms with Crippen molar-refractivity contribution in [1.82, 2.24) is 14.9 Å². The number of carbonyl (C=O) groups is 1. The van der Waals surface area contributed by atoms with Gasteiger partial charge in [-0.05, 0) is 56.1 Å². The summed E-state index contributed by atoms with van der Waals surface area (Å²) < 4.78 is 0. The van der Waals surface area contributed by atoms with Crippen molar-refractivity contribution in [2.75, 3.05) is 25.0 Å². The molecule has 1 aliphatic heterocycles. The van der Waals surface area contributed by atoms with Crippen molar-refractivity contribution in [1.29, 1.82) is 0 Å². The van der Waals surface area contributed by atoms with Gasteiger partial charge in [0, 0.05) is 60.5 Å². The molecule has 31 heavy (non-hydrogen) atoms. The summed E-state index contributed by atoms with van der Waals surface area (Å²) >= 11 is 0. The Labute approximate surface area is 182 Å². The Bertz CT molecular complexity index is 1090. The fraction of sp³-hybridized carbons (Fsp3) is 0.333. The highest BCUT2D eigenvalue weighted by Gasteiger charge is 2.23. The number of hydrogen-bond acceptors (Lipinski definition) is 4. The summed E-state index contributed by atoms with van der Waals surface area (Å²) in [5.41, 5.74) is 9.28. The van der Waals surface area contributed by atoms with Crippen LogP contribution < -0.4 is 11.1 Å². The maximum Gasteiger partial charge on any atom is 0.347 e. The number of benzene rings is 1. The van der Waals surface area contributed by atoms with Gasteiger partial charge in [0.25, 0.3) is 0 Å². The molecule has 0 aliphatic carbocycles. The maximum absolute atomic E-state index is 12.5. The number of amidine groups is 1. The Morgan fingerprint density at radius 3 is 3.06 bits per heavy atom. The molecule has 160 valence electrons. The lowest BCUT2D eigenvalue weighted by Gasteiger charge is -2.32. The van der Waals surface area contributed by atoms with E-state index in [1.165, 1.54) is 5.56 Å². The molecule has 0 spiro atoms. The Balaban J connectivity index is 1.36. The average molecular weight is 417 g/mol. The predicted octanol–water partition coefficient (Wildman–Crippen LogP) is 3.78. The number of aryl methyl sites for hydroxylation is 1. The van der Waals surface area contributed by atoms with Gasteiger partial charge in [-0.25, -0.2) is 4.79 Å². The van der Waals surface area contributed by atoms with E-state index in [0.717, 1.165) is 55.4 Å². The number of nitrogens with zero attached hydrogens (tertiary/aromatic N) is 4. The lowest BCUT2D eigenvalue weighted by Crippen LogP contribution is -2.42. The number of piperidine rings is 1. The second-order valence-electron chi connectivity index (χ2n) is 8.08. The normalized spacial score (nSPS) is 17.6. The van der Waals surface area contributed by atoms with Crippen LogP contribution in [-0.4, -0.2) is 46.4 Å². The first-order valence-corrected chi connectivity index (χ1v) is 10.7. The highest BCUT2D eigenvalue weighted by Crippen LogP contribution is 2.22. The van der Waals surface area contributed by atoms with Gasteiger partial charge in [0.05, 0.1) is 5.69 Å². The number of carbonyl (C=O) groups excluding carboxylic acids is 1. The van der Waals surface area contributed by atoms with Crippen molar-refractivity contribution in [3.8, 4) is 0 Å². The van der Waals surface area contributed by atoms with Gasteiger partial charge >= 0.3 is 6.03 Å². The molecule has 1 fully saturated rings. The molecular formula is C24H28N6O. The zero-order valence-corrected chi connectivity index (χ0v) is 17.8. The number of rotatable bonds is 5. The van der Waals surface area contributed by atoms with Crippen molar-refractivity contribution in [2.45, 2.75) is 26.2 Å². The number of amides is 2. The van der Waals surface area contributed by atoms with Gasteiger partial charge in [-0.15, -0.1) is 0 Å². The number of aliphatic imine (C=N–C) groups is 1. The standard InChI is InChI=1S/C24H28N6O/c1-17-7-11-27-20(14-17)9-13-30-12-3-5-19(16-30)23(25)29-24(31)28-22-6-2-4-18-15-26-10-8-21(18)22/h2,4,6-8,10-11,14-15,19H,3,5,9,12-13,16H2,1H3,(H3,25,28,29,31). The van der Waals surface area contributed by atoms with Gasteiger partial charge in [-0.3, -0.25) is 9.97 Å². The second kappa shape index (κ2) is 9.66. The van der Waals surface area contributed by atoms with Crippen molar-refractivity contribution >= 4 is 28.3 Å². The van der Waals surface area contributed by atoms with Crippen molar-refractivity contribution in [3.05, 3.63) is 66.2 Å². The summed E-state index contributed by atoms with van der Waals surface area (Å²) in [4.78, 5) is 27.6. The quantitative estimate of drug-likeness (QED) is 0.487. The zero-order valence-electron chi connectivity index (χ0n) is 17.8. The minimum atomic E-state index is -0.442. The summed E-state index contributed by atoms with van der Waals surface area (Å²) in [6.07, 6.45) is 8.23. The van der Waals surface area contributed by atoms with Crippen LogP contribution in [0.15, 0.2) is 60.0 Å². The number of pyridine rings is 2. The third-order valence-corrected chi connectivity index (χ3v) is 5.73. The molecule has 2 amide bonds. The van der Waals surface area contributed by atoms with Gasteiger partial charge in [0.1, 0.15) is 5.84 Å². The monoisotopic (exact) mass is 416 g/mol. The zero-order chi connectivity index (χ0) is 21.6. The van der Waals surface area contributed by atoms with Gasteiger partial charge in [-0.2, -0.15) is 4.99 Å². The average Bonchev–Trinajstić information content (AvgIpc) is 2.78. The van der Waals surface area contributed by atoms with Crippen LogP contribution >= 0.6 is 0 Å². The highest BCUT2D eigenvalue weighted by atomic mass is 16.2. The topological polar surface area (TPSA) is 96.5 Å². The van der Waals surface area contributed by atoms with Gasteiger partial charge < -0.3 is 16.0 Å². The molecule has 7 nitrogen and oxygen atoms in total. The van der Waals surface area contributed by atoms with E-state index in [1.54, 1.807) is 12.4 Å². The van der Waals surface area contributed by atoms with Crippen molar-refractivity contribution < 1.29 is 4.79 Å². The molecular weight excluding hydrogens is 388 g/mol. The molecule has 1 aromatic carbocycles. The van der Waals surface area contributed by atoms with Crippen LogP contribution in [0.2, 0.25) is 0 Å². The van der Waals surface area contributed by atoms with Crippen molar-refractivity contribution in [2.24, 2.45) is 16.6 Å². The number of hydrogen-bond donors (Lipinski definition) is 2. The minimum absolute atomic E-state index is 0.0849. The molecule has 0 saturated carbocycles. The van der Waals surface area contributed by atoms with E-state index in [9.17, 15) is 4.79 Å². The summed E-state index contributed by atoms with van der Waals surface area (Å²) in [7, 11) is 0. The molecule has 0 radical (unpaired) electrons. The first-order valence-electron chi connectivity index (χ1n) is 10.7. The van der Waals surface area contributed by atoms with Gasteiger partial charge in [-0.1, -0.05) is 12.1 Å².